The standard InChI is InChI=1S/C23H29ClN2O2/c1-16(2)14-25-23(28)18(4)26(15-19-9-7-8-17(3)12-19)22(27)13-20-10-5-6-11-21(20)24/h5-12,16,18H,13-15H2,1-4H3,(H,25,28). The molecular weight excluding hydrogens is 372 g/mol. The number of carbonyl (C=O) groups is 2. The van der Waals surface area contributed by atoms with Crippen molar-refractivity contribution in [1.29, 1.82) is 0 Å². The first kappa shape index (κ1) is 22.0. The number of hydrogen-bond donors (Lipinski definition) is 1. The maximum absolute atomic E-state index is 13.1. The Kier molecular flexibility index (Phi) is 8.06. The van der Waals surface area contributed by atoms with Crippen LogP contribution in [0.1, 0.15) is 37.5 Å². The van der Waals surface area contributed by atoms with Crippen LogP contribution in [0, 0.1) is 12.8 Å². The summed E-state index contributed by atoms with van der Waals surface area (Å²) in [7, 11) is 0. The number of carbonyl (C=O) groups excluding carboxylic acids is 2. The van der Waals surface area contributed by atoms with Gasteiger partial charge in [0.25, 0.3) is 0 Å². The number of benzene rings is 2. The van der Waals surface area contributed by atoms with Crippen molar-refractivity contribution in [3.63, 3.8) is 0 Å². The minimum Gasteiger partial charge on any atom is -0.354 e. The zero-order valence-corrected chi connectivity index (χ0v) is 17.8. The fraction of sp³-hybridized carbons (Fsp3) is 0.391. The summed E-state index contributed by atoms with van der Waals surface area (Å²) in [6, 6.07) is 14.7. The average Bonchev–Trinajstić information content (AvgIpc) is 2.65. The Bertz CT molecular complexity index is 820. The quantitative estimate of drug-likeness (QED) is 0.714. The molecule has 2 aromatic rings. The predicted molar refractivity (Wildman–Crippen MR) is 114 cm³/mol. The number of amides is 2. The van der Waals surface area contributed by atoms with Gasteiger partial charge in [0.2, 0.25) is 11.8 Å². The van der Waals surface area contributed by atoms with Gasteiger partial charge in [0.05, 0.1) is 6.42 Å². The lowest BCUT2D eigenvalue weighted by molar-refractivity contribution is -0.140. The van der Waals surface area contributed by atoms with Gasteiger partial charge in [-0.2, -0.15) is 0 Å². The SMILES string of the molecule is Cc1cccc(CN(C(=O)Cc2ccccc2Cl)C(C)C(=O)NCC(C)C)c1. The Morgan fingerprint density at radius 3 is 2.43 bits per heavy atom. The molecule has 0 radical (unpaired) electrons. The molecule has 0 aromatic heterocycles. The molecule has 2 amide bonds. The van der Waals surface area contributed by atoms with Crippen LogP contribution in [0.25, 0.3) is 0 Å². The molecule has 5 heteroatoms. The molecule has 0 saturated carbocycles. The first-order valence-electron chi connectivity index (χ1n) is 9.64. The summed E-state index contributed by atoms with van der Waals surface area (Å²) in [6.45, 7) is 8.82. The van der Waals surface area contributed by atoms with Crippen molar-refractivity contribution in [2.24, 2.45) is 5.92 Å². The number of rotatable bonds is 8. The molecule has 0 aliphatic carbocycles. The molecule has 1 unspecified atom stereocenters. The minimum atomic E-state index is -0.575. The summed E-state index contributed by atoms with van der Waals surface area (Å²) in [5.74, 6) is 0.0795. The third kappa shape index (κ3) is 6.38. The monoisotopic (exact) mass is 400 g/mol. The zero-order valence-electron chi connectivity index (χ0n) is 17.0. The summed E-state index contributed by atoms with van der Waals surface area (Å²) in [5, 5.41) is 3.49. The molecule has 0 bridgehead atoms. The van der Waals surface area contributed by atoms with Gasteiger partial charge in [-0.3, -0.25) is 9.59 Å². The van der Waals surface area contributed by atoms with E-state index in [0.717, 1.165) is 16.7 Å². The Morgan fingerprint density at radius 2 is 1.79 bits per heavy atom. The van der Waals surface area contributed by atoms with Crippen LogP contribution in [0.2, 0.25) is 5.02 Å². The topological polar surface area (TPSA) is 49.4 Å². The summed E-state index contributed by atoms with van der Waals surface area (Å²) in [6.07, 6.45) is 0.160. The number of aryl methyl sites for hydroxylation is 1. The first-order valence-corrected chi connectivity index (χ1v) is 10.0. The Hall–Kier alpha value is -2.33. The molecule has 0 fully saturated rings. The van der Waals surface area contributed by atoms with Crippen LogP contribution < -0.4 is 5.32 Å². The third-order valence-corrected chi connectivity index (χ3v) is 4.96. The molecule has 2 rings (SSSR count). The zero-order chi connectivity index (χ0) is 20.7. The highest BCUT2D eigenvalue weighted by Crippen LogP contribution is 2.18. The normalized spacial score (nSPS) is 11.9. The molecule has 0 aliphatic heterocycles. The van der Waals surface area contributed by atoms with E-state index >= 15 is 0 Å². The predicted octanol–water partition coefficient (Wildman–Crippen LogP) is 4.38. The molecule has 0 saturated heterocycles. The van der Waals surface area contributed by atoms with Gasteiger partial charge in [-0.25, -0.2) is 0 Å². The van der Waals surface area contributed by atoms with Crippen molar-refractivity contribution in [3.05, 3.63) is 70.2 Å². The van der Waals surface area contributed by atoms with Gasteiger partial charge in [0.15, 0.2) is 0 Å². The van der Waals surface area contributed by atoms with Gasteiger partial charge in [0, 0.05) is 18.1 Å². The lowest BCUT2D eigenvalue weighted by atomic mass is 10.1. The molecule has 4 nitrogen and oxygen atoms in total. The maximum atomic E-state index is 13.1. The molecule has 1 N–H and O–H groups in total. The highest BCUT2D eigenvalue weighted by Gasteiger charge is 2.26. The van der Waals surface area contributed by atoms with Crippen LogP contribution in [0.15, 0.2) is 48.5 Å². The summed E-state index contributed by atoms with van der Waals surface area (Å²) in [4.78, 5) is 27.4. The van der Waals surface area contributed by atoms with Crippen LogP contribution >= 0.6 is 11.6 Å². The van der Waals surface area contributed by atoms with E-state index in [1.54, 1.807) is 17.9 Å². The fourth-order valence-corrected chi connectivity index (χ4v) is 3.15. The van der Waals surface area contributed by atoms with E-state index in [2.05, 4.69) is 5.32 Å². The van der Waals surface area contributed by atoms with E-state index in [1.165, 1.54) is 0 Å². The van der Waals surface area contributed by atoms with Crippen molar-refractivity contribution in [2.45, 2.75) is 46.7 Å². The molecule has 2 aromatic carbocycles. The lowest BCUT2D eigenvalue weighted by Crippen LogP contribution is -2.48. The molecule has 0 heterocycles. The molecular formula is C23H29ClN2O2. The van der Waals surface area contributed by atoms with E-state index in [4.69, 9.17) is 11.6 Å². The van der Waals surface area contributed by atoms with Crippen molar-refractivity contribution in [3.8, 4) is 0 Å². The highest BCUT2D eigenvalue weighted by atomic mass is 35.5. The van der Waals surface area contributed by atoms with Crippen LogP contribution in [0.4, 0.5) is 0 Å². The van der Waals surface area contributed by atoms with E-state index in [0.29, 0.717) is 24.0 Å². The van der Waals surface area contributed by atoms with Gasteiger partial charge in [-0.15, -0.1) is 0 Å². The van der Waals surface area contributed by atoms with E-state index in [-0.39, 0.29) is 18.2 Å². The Morgan fingerprint density at radius 1 is 1.07 bits per heavy atom. The van der Waals surface area contributed by atoms with Crippen molar-refractivity contribution < 1.29 is 9.59 Å². The van der Waals surface area contributed by atoms with E-state index in [1.807, 2.05) is 63.2 Å². The Labute approximate surface area is 172 Å². The van der Waals surface area contributed by atoms with Gasteiger partial charge < -0.3 is 10.2 Å². The maximum Gasteiger partial charge on any atom is 0.242 e. The molecule has 0 spiro atoms. The Balaban J connectivity index is 2.22. The van der Waals surface area contributed by atoms with Gasteiger partial charge in [-0.1, -0.05) is 73.5 Å². The van der Waals surface area contributed by atoms with Crippen molar-refractivity contribution in [2.75, 3.05) is 6.54 Å². The molecule has 28 heavy (non-hydrogen) atoms. The number of nitrogens with one attached hydrogen (secondary N) is 1. The molecule has 1 atom stereocenters. The second kappa shape index (κ2) is 10.3. The first-order chi connectivity index (χ1) is 13.3. The van der Waals surface area contributed by atoms with Crippen LogP contribution in [-0.2, 0) is 22.6 Å². The van der Waals surface area contributed by atoms with Crippen LogP contribution in [-0.4, -0.2) is 29.3 Å². The summed E-state index contributed by atoms with van der Waals surface area (Å²) in [5.41, 5.74) is 2.88. The minimum absolute atomic E-state index is 0.123. The van der Waals surface area contributed by atoms with Crippen LogP contribution in [0.5, 0.6) is 0 Å². The third-order valence-electron chi connectivity index (χ3n) is 4.59. The van der Waals surface area contributed by atoms with E-state index < -0.39 is 6.04 Å². The van der Waals surface area contributed by atoms with Crippen LogP contribution in [0.3, 0.4) is 0 Å². The average molecular weight is 401 g/mol. The molecule has 0 aliphatic rings. The number of halogens is 1. The summed E-state index contributed by atoms with van der Waals surface area (Å²) < 4.78 is 0. The fourth-order valence-electron chi connectivity index (χ4n) is 2.95. The largest absolute Gasteiger partial charge is 0.354 e. The van der Waals surface area contributed by atoms with Crippen molar-refractivity contribution >= 4 is 23.4 Å². The molecule has 150 valence electrons. The van der Waals surface area contributed by atoms with E-state index in [9.17, 15) is 9.59 Å². The second-order valence-electron chi connectivity index (χ2n) is 7.59. The van der Waals surface area contributed by atoms with Gasteiger partial charge >= 0.3 is 0 Å². The van der Waals surface area contributed by atoms with Gasteiger partial charge in [-0.05, 0) is 37.0 Å². The lowest BCUT2D eigenvalue weighted by Gasteiger charge is -2.29. The second-order valence-corrected chi connectivity index (χ2v) is 8.00. The summed E-state index contributed by atoms with van der Waals surface area (Å²) >= 11 is 6.23. The van der Waals surface area contributed by atoms with Gasteiger partial charge in [0.1, 0.15) is 6.04 Å². The number of nitrogens with zero attached hydrogens (tertiary/aromatic N) is 1. The number of hydrogen-bond acceptors (Lipinski definition) is 2. The van der Waals surface area contributed by atoms with Crippen molar-refractivity contribution in [1.82, 2.24) is 10.2 Å². The highest BCUT2D eigenvalue weighted by molar-refractivity contribution is 6.31. The smallest absolute Gasteiger partial charge is 0.242 e.